The zero-order valence-corrected chi connectivity index (χ0v) is 9.72. The summed E-state index contributed by atoms with van der Waals surface area (Å²) < 4.78 is 6.28. The average Bonchev–Trinajstić information content (AvgIpc) is 2.61. The fourth-order valence-corrected chi connectivity index (χ4v) is 1.87. The van der Waals surface area contributed by atoms with Gasteiger partial charge in [0.1, 0.15) is 24.1 Å². The molecule has 4 atom stereocenters. The monoisotopic (exact) mass is 258 g/mol. The lowest BCUT2D eigenvalue weighted by molar-refractivity contribution is -0.0550. The Hall–Kier alpha value is -1.48. The van der Waals surface area contributed by atoms with Crippen LogP contribution in [0.1, 0.15) is 11.8 Å². The highest BCUT2D eigenvalue weighted by atomic mass is 16.6. The van der Waals surface area contributed by atoms with Crippen LogP contribution in [0.2, 0.25) is 0 Å². The van der Waals surface area contributed by atoms with Crippen molar-refractivity contribution in [2.45, 2.75) is 31.5 Å². The summed E-state index contributed by atoms with van der Waals surface area (Å²) in [5, 5.41) is 28.4. The third kappa shape index (κ3) is 1.99. The normalized spacial score (nSPS) is 31.8. The molecule has 1 saturated heterocycles. The van der Waals surface area contributed by atoms with Gasteiger partial charge in [-0.1, -0.05) is 0 Å². The van der Waals surface area contributed by atoms with E-state index in [1.807, 2.05) is 0 Å². The molecule has 5 N–H and O–H groups in total. The second-order valence-corrected chi connectivity index (χ2v) is 4.23. The van der Waals surface area contributed by atoms with E-state index in [0.717, 1.165) is 4.57 Å². The van der Waals surface area contributed by atoms with Crippen LogP contribution in [0.4, 0.5) is 5.82 Å². The van der Waals surface area contributed by atoms with E-state index >= 15 is 0 Å². The van der Waals surface area contributed by atoms with Gasteiger partial charge in [-0.2, -0.15) is 4.98 Å². The largest absolute Gasteiger partial charge is 0.394 e. The smallest absolute Gasteiger partial charge is 0.351 e. The van der Waals surface area contributed by atoms with Gasteiger partial charge in [-0.25, -0.2) is 4.79 Å². The number of hydrogen-bond acceptors (Lipinski definition) is 7. The molecule has 18 heavy (non-hydrogen) atoms. The summed E-state index contributed by atoms with van der Waals surface area (Å²) in [5.41, 5.74) is 5.35. The van der Waals surface area contributed by atoms with E-state index in [1.54, 1.807) is 6.92 Å². The van der Waals surface area contributed by atoms with Crippen molar-refractivity contribution in [3.63, 3.8) is 0 Å². The summed E-state index contributed by atoms with van der Waals surface area (Å²) in [6, 6.07) is 0. The molecular weight excluding hydrogens is 243 g/mol. The Labute approximate surface area is 102 Å². The first-order valence-electron chi connectivity index (χ1n) is 5.43. The lowest BCUT2D eigenvalue weighted by Crippen LogP contribution is -2.36. The maximum Gasteiger partial charge on any atom is 0.351 e. The van der Waals surface area contributed by atoms with Gasteiger partial charge < -0.3 is 25.8 Å². The predicted molar refractivity (Wildman–Crippen MR) is 60.7 cm³/mol. The molecule has 1 aliphatic heterocycles. The second kappa shape index (κ2) is 4.65. The van der Waals surface area contributed by atoms with Crippen molar-refractivity contribution in [2.24, 2.45) is 0 Å². The molecule has 0 saturated carbocycles. The number of aromatic nitrogens is 2. The number of ether oxygens (including phenoxy) is 1. The minimum atomic E-state index is -1.32. The summed E-state index contributed by atoms with van der Waals surface area (Å²) in [7, 11) is 0. The molecule has 1 aromatic rings. The Kier molecular flexibility index (Phi) is 3.35. The molecule has 0 radical (unpaired) electrons. The SMILES string of the molecule is Cc1[13cH]n([C@@H]2O[C@H](CO)[C@@H](O)[C@H]2O)c(=O)nc1N. The van der Waals surface area contributed by atoms with E-state index in [9.17, 15) is 15.0 Å². The lowest BCUT2D eigenvalue weighted by Gasteiger charge is -2.17. The number of anilines is 1. The topological polar surface area (TPSA) is 131 Å². The summed E-state index contributed by atoms with van der Waals surface area (Å²) in [6.45, 7) is 1.20. The molecule has 8 heteroatoms. The Morgan fingerprint density at radius 1 is 1.50 bits per heavy atom. The minimum absolute atomic E-state index is 0.1000. The maximum absolute atomic E-state index is 11.7. The highest BCUT2D eigenvalue weighted by Crippen LogP contribution is 2.28. The Morgan fingerprint density at radius 3 is 2.72 bits per heavy atom. The third-order valence-electron chi connectivity index (χ3n) is 2.97. The number of aliphatic hydroxyl groups is 3. The number of nitrogens with zero attached hydrogens (tertiary/aromatic N) is 2. The molecule has 0 amide bonds. The van der Waals surface area contributed by atoms with E-state index in [-0.39, 0.29) is 5.82 Å². The molecule has 2 heterocycles. The Bertz CT molecular complexity index is 503. The van der Waals surface area contributed by atoms with Gasteiger partial charge in [0.25, 0.3) is 0 Å². The molecule has 1 aromatic heterocycles. The summed E-state index contributed by atoms with van der Waals surface area (Å²) >= 11 is 0. The van der Waals surface area contributed by atoms with E-state index in [0.29, 0.717) is 5.56 Å². The number of nitrogens with two attached hydrogens (primary N) is 1. The lowest BCUT2D eigenvalue weighted by atomic mass is 10.1. The maximum atomic E-state index is 11.7. The van der Waals surface area contributed by atoms with Gasteiger partial charge in [0.2, 0.25) is 0 Å². The van der Waals surface area contributed by atoms with Crippen LogP contribution in [0, 0.1) is 6.92 Å². The van der Waals surface area contributed by atoms with E-state index in [2.05, 4.69) is 4.98 Å². The Morgan fingerprint density at radius 2 is 2.17 bits per heavy atom. The molecule has 1 fully saturated rings. The van der Waals surface area contributed by atoms with Crippen molar-refractivity contribution in [3.05, 3.63) is 22.2 Å². The molecule has 2 rings (SSSR count). The van der Waals surface area contributed by atoms with Crippen LogP contribution in [0.5, 0.6) is 0 Å². The van der Waals surface area contributed by atoms with E-state index in [1.165, 1.54) is 6.20 Å². The number of aryl methyl sites for hydroxylation is 1. The zero-order valence-electron chi connectivity index (χ0n) is 9.72. The third-order valence-corrected chi connectivity index (χ3v) is 2.97. The van der Waals surface area contributed by atoms with Crippen LogP contribution in [0.3, 0.4) is 0 Å². The van der Waals surface area contributed by atoms with Crippen molar-refractivity contribution in [3.8, 4) is 0 Å². The van der Waals surface area contributed by atoms with Crippen molar-refractivity contribution in [2.75, 3.05) is 12.3 Å². The zero-order chi connectivity index (χ0) is 13.4. The quantitative estimate of drug-likeness (QED) is 0.471. The molecular formula is C10H15N3O5. The number of hydrogen-bond donors (Lipinski definition) is 4. The predicted octanol–water partition coefficient (Wildman–Crippen LogP) is -2.25. The molecule has 100 valence electrons. The van der Waals surface area contributed by atoms with Crippen LogP contribution in [-0.2, 0) is 4.74 Å². The molecule has 8 nitrogen and oxygen atoms in total. The number of aliphatic hydroxyl groups excluding tert-OH is 3. The highest BCUT2D eigenvalue weighted by Gasteiger charge is 2.43. The van der Waals surface area contributed by atoms with Crippen molar-refractivity contribution in [1.82, 2.24) is 9.55 Å². The highest BCUT2D eigenvalue weighted by molar-refractivity contribution is 5.35. The first kappa shape index (κ1) is 13.0. The minimum Gasteiger partial charge on any atom is -0.394 e. The number of rotatable bonds is 2. The van der Waals surface area contributed by atoms with Crippen molar-refractivity contribution < 1.29 is 20.1 Å². The molecule has 0 unspecified atom stereocenters. The second-order valence-electron chi connectivity index (χ2n) is 4.23. The van der Waals surface area contributed by atoms with Crippen LogP contribution < -0.4 is 11.4 Å². The fraction of sp³-hybridized carbons (Fsp3) is 0.600. The van der Waals surface area contributed by atoms with Gasteiger partial charge in [0.05, 0.1) is 6.61 Å². The van der Waals surface area contributed by atoms with Gasteiger partial charge in [-0.05, 0) is 6.92 Å². The standard InChI is InChI=1S/C10H15N3O5/c1-4-2-13(10(17)12-8(4)11)9-7(16)6(15)5(3-14)18-9/h2,5-7,9,14-16H,3H2,1H3,(H2,11,12,17)/t5-,6-,7-,9-/m1/s1/i2+1. The van der Waals surface area contributed by atoms with Gasteiger partial charge >= 0.3 is 5.69 Å². The van der Waals surface area contributed by atoms with Gasteiger partial charge in [0.15, 0.2) is 6.23 Å². The van der Waals surface area contributed by atoms with Crippen LogP contribution in [0.25, 0.3) is 0 Å². The fourth-order valence-electron chi connectivity index (χ4n) is 1.87. The summed E-state index contributed by atoms with van der Waals surface area (Å²) in [4.78, 5) is 15.2. The Balaban J connectivity index is 2.39. The van der Waals surface area contributed by atoms with Crippen molar-refractivity contribution >= 4 is 5.82 Å². The average molecular weight is 258 g/mol. The first-order valence-corrected chi connectivity index (χ1v) is 5.43. The van der Waals surface area contributed by atoms with E-state index in [4.69, 9.17) is 15.6 Å². The molecule has 1 aliphatic rings. The summed E-state index contributed by atoms with van der Waals surface area (Å²) in [5.74, 6) is 0.1000. The van der Waals surface area contributed by atoms with Gasteiger partial charge in [-0.3, -0.25) is 4.57 Å². The van der Waals surface area contributed by atoms with Crippen LogP contribution >= 0.6 is 0 Å². The molecule has 0 spiro atoms. The van der Waals surface area contributed by atoms with E-state index < -0.39 is 36.8 Å². The number of nitrogen functional groups attached to an aromatic ring is 1. The van der Waals surface area contributed by atoms with Gasteiger partial charge in [-0.15, -0.1) is 0 Å². The summed E-state index contributed by atoms with van der Waals surface area (Å²) in [6.07, 6.45) is -3.20. The van der Waals surface area contributed by atoms with Gasteiger partial charge in [0, 0.05) is 11.8 Å². The van der Waals surface area contributed by atoms with Crippen LogP contribution in [-0.4, -0.2) is 49.8 Å². The van der Waals surface area contributed by atoms with Crippen molar-refractivity contribution in [1.29, 1.82) is 0 Å². The molecule has 0 aromatic carbocycles. The first-order chi connectivity index (χ1) is 8.45. The molecule has 0 aliphatic carbocycles. The molecule has 0 bridgehead atoms. The van der Waals surface area contributed by atoms with Crippen LogP contribution in [0.15, 0.2) is 11.0 Å².